The highest BCUT2D eigenvalue weighted by Crippen LogP contribution is 2.55. The van der Waals surface area contributed by atoms with Gasteiger partial charge in [0.15, 0.2) is 15.6 Å². The number of nitrogens with one attached hydrogen (secondary N) is 1. The first kappa shape index (κ1) is 29.7. The molecule has 0 radical (unpaired) electrons. The molecule has 5 rings (SSSR count). The van der Waals surface area contributed by atoms with Crippen LogP contribution in [0.1, 0.15) is 54.5 Å². The van der Waals surface area contributed by atoms with Crippen LogP contribution in [-0.2, 0) is 30.8 Å². The van der Waals surface area contributed by atoms with Gasteiger partial charge in [-0.2, -0.15) is 0 Å². The molecule has 3 aromatic carbocycles. The molecule has 42 heavy (non-hydrogen) atoms. The molecule has 2 aliphatic rings. The average Bonchev–Trinajstić information content (AvgIpc) is 3.07. The lowest BCUT2D eigenvalue weighted by molar-refractivity contribution is -0.137. The number of anilines is 1. The topological polar surface area (TPSA) is 119 Å². The molecule has 0 aromatic heterocycles. The molecule has 0 amide bonds. The van der Waals surface area contributed by atoms with Crippen LogP contribution in [0.4, 0.5) is 5.69 Å². The predicted octanol–water partition coefficient (Wildman–Crippen LogP) is 6.11. The van der Waals surface area contributed by atoms with E-state index >= 15 is 0 Å². The fourth-order valence-electron chi connectivity index (χ4n) is 5.84. The third-order valence-corrected chi connectivity index (χ3v) is 9.95. The van der Waals surface area contributed by atoms with E-state index in [1.54, 1.807) is 24.3 Å². The zero-order chi connectivity index (χ0) is 30.2. The first-order chi connectivity index (χ1) is 19.9. The van der Waals surface area contributed by atoms with Gasteiger partial charge in [0.1, 0.15) is 29.1 Å². The Balaban J connectivity index is 1.70. The van der Waals surface area contributed by atoms with Crippen molar-refractivity contribution in [3.63, 3.8) is 0 Å². The van der Waals surface area contributed by atoms with Crippen molar-refractivity contribution in [1.82, 2.24) is 0 Å². The summed E-state index contributed by atoms with van der Waals surface area (Å²) < 4.78 is 38.9. The van der Waals surface area contributed by atoms with Gasteiger partial charge in [0.05, 0.1) is 12.8 Å². The van der Waals surface area contributed by atoms with E-state index in [2.05, 4.69) is 5.32 Å². The number of allylic oxidation sites excluding steroid dienone is 2. The number of rotatable bonds is 7. The molecule has 0 bridgehead atoms. The molecule has 2 N–H and O–H groups in total. The number of benzene rings is 3. The Labute approximate surface area is 250 Å². The van der Waals surface area contributed by atoms with Crippen molar-refractivity contribution in [2.24, 2.45) is 5.41 Å². The van der Waals surface area contributed by atoms with Crippen LogP contribution in [0.5, 0.6) is 11.5 Å². The fraction of sp³-hybridized carbons (Fsp3) is 0.312. The summed E-state index contributed by atoms with van der Waals surface area (Å²) in [6.45, 7) is 4.22. The van der Waals surface area contributed by atoms with Crippen LogP contribution in [-0.4, -0.2) is 38.1 Å². The number of carbonyl (C=O) groups is 2. The van der Waals surface area contributed by atoms with Crippen LogP contribution in [0.2, 0.25) is 5.02 Å². The lowest BCUT2D eigenvalue weighted by Gasteiger charge is -2.36. The summed E-state index contributed by atoms with van der Waals surface area (Å²) in [5.41, 5.74) is 2.12. The average molecular weight is 610 g/mol. The maximum Gasteiger partial charge on any atom is 0.320 e. The van der Waals surface area contributed by atoms with E-state index in [1.807, 2.05) is 44.2 Å². The molecule has 3 aromatic rings. The second kappa shape index (κ2) is 11.5. The third-order valence-electron chi connectivity index (χ3n) is 7.68. The van der Waals surface area contributed by atoms with Crippen molar-refractivity contribution in [2.45, 2.75) is 44.5 Å². The number of aromatic hydroxyl groups is 1. The van der Waals surface area contributed by atoms with Gasteiger partial charge in [-0.1, -0.05) is 74.0 Å². The summed E-state index contributed by atoms with van der Waals surface area (Å²) in [5, 5.41) is 12.9. The molecule has 8 nitrogen and oxygen atoms in total. The van der Waals surface area contributed by atoms with E-state index in [4.69, 9.17) is 21.1 Å². The number of carbonyl (C=O) groups excluding carboxylic acids is 2. The highest BCUT2D eigenvalue weighted by atomic mass is 35.5. The van der Waals surface area contributed by atoms with Crippen molar-refractivity contribution in [2.75, 3.05) is 18.2 Å². The van der Waals surface area contributed by atoms with Gasteiger partial charge in [-0.15, -0.1) is 0 Å². The normalized spacial score (nSPS) is 19.7. The first-order valence-corrected chi connectivity index (χ1v) is 15.6. The number of esters is 1. The summed E-state index contributed by atoms with van der Waals surface area (Å²) in [6, 6.07) is 19.1. The lowest BCUT2D eigenvalue weighted by Crippen LogP contribution is -2.33. The number of fused-ring (bicyclic) bond motifs is 1. The number of halogens is 1. The number of Topliss-reactive ketones (excluding diaryl/α,β-unsaturated/α-hetero) is 1. The number of hydrogen-bond acceptors (Lipinski definition) is 8. The molecule has 1 aliphatic carbocycles. The first-order valence-electron chi connectivity index (χ1n) is 13.5. The summed E-state index contributed by atoms with van der Waals surface area (Å²) >= 11 is 6.87. The second-order valence-corrected chi connectivity index (χ2v) is 14.0. The van der Waals surface area contributed by atoms with Crippen LogP contribution in [0.3, 0.4) is 0 Å². The number of ketones is 1. The summed E-state index contributed by atoms with van der Waals surface area (Å²) in [6.07, 6.45) is 0.615. The predicted molar refractivity (Wildman–Crippen MR) is 160 cm³/mol. The Hall–Kier alpha value is -3.82. The largest absolute Gasteiger partial charge is 0.506 e. The smallest absolute Gasteiger partial charge is 0.320 e. The molecule has 0 fully saturated rings. The minimum atomic E-state index is -4.32. The molecule has 0 saturated carbocycles. The molecule has 1 aliphatic heterocycles. The Morgan fingerprint density at radius 2 is 1.79 bits per heavy atom. The van der Waals surface area contributed by atoms with Crippen LogP contribution in [0.25, 0.3) is 0 Å². The van der Waals surface area contributed by atoms with Gasteiger partial charge < -0.3 is 19.9 Å². The molecular weight excluding hydrogens is 578 g/mol. The zero-order valence-corrected chi connectivity index (χ0v) is 25.1. The van der Waals surface area contributed by atoms with Crippen LogP contribution >= 0.6 is 11.6 Å². The summed E-state index contributed by atoms with van der Waals surface area (Å²) in [4.78, 5) is 26.2. The standard InChI is InChI=1S/C32H32ClNO7S/c1-32(2)15-24-29(26(36)16-32)28(21-13-12-20(14-23(21)33)41-17-19-8-5-4-6-9-19)31(42(38,39)18-27(37)40-3)22-10-7-11-25(35)30(22)34-24/h4-14,28,31,34-35H,15-18H2,1-3H3. The number of para-hydroxylation sites is 1. The van der Waals surface area contributed by atoms with E-state index in [-0.39, 0.29) is 39.8 Å². The monoisotopic (exact) mass is 609 g/mol. The van der Waals surface area contributed by atoms with Gasteiger partial charge in [0, 0.05) is 28.6 Å². The number of ether oxygens (including phenoxy) is 2. The lowest BCUT2D eigenvalue weighted by atomic mass is 9.71. The minimum Gasteiger partial charge on any atom is -0.506 e. The van der Waals surface area contributed by atoms with Gasteiger partial charge in [-0.3, -0.25) is 9.59 Å². The van der Waals surface area contributed by atoms with Gasteiger partial charge in [0.2, 0.25) is 0 Å². The molecule has 220 valence electrons. The number of methoxy groups -OCH3 is 1. The second-order valence-electron chi connectivity index (χ2n) is 11.4. The Bertz CT molecular complexity index is 1680. The molecule has 0 spiro atoms. The van der Waals surface area contributed by atoms with E-state index in [9.17, 15) is 23.1 Å². The van der Waals surface area contributed by atoms with Crippen molar-refractivity contribution < 1.29 is 32.6 Å². The Morgan fingerprint density at radius 1 is 1.05 bits per heavy atom. The maximum absolute atomic E-state index is 14.1. The summed E-state index contributed by atoms with van der Waals surface area (Å²) in [5.74, 6) is -2.87. The van der Waals surface area contributed by atoms with Gasteiger partial charge in [-0.05, 0) is 46.7 Å². The highest BCUT2D eigenvalue weighted by Gasteiger charge is 2.48. The minimum absolute atomic E-state index is 0.176. The van der Waals surface area contributed by atoms with Crippen molar-refractivity contribution in [3.05, 3.63) is 99.7 Å². The molecule has 10 heteroatoms. The third kappa shape index (κ3) is 5.89. The van der Waals surface area contributed by atoms with E-state index < -0.39 is 38.1 Å². The Kier molecular flexibility index (Phi) is 8.09. The number of hydrogen-bond donors (Lipinski definition) is 2. The quantitative estimate of drug-likeness (QED) is 0.243. The molecular formula is C32H32ClNO7S. The molecule has 2 atom stereocenters. The van der Waals surface area contributed by atoms with Crippen LogP contribution < -0.4 is 10.1 Å². The fourth-order valence-corrected chi connectivity index (χ4v) is 8.04. The SMILES string of the molecule is COC(=O)CS(=O)(=O)C1c2cccc(O)c2NC2=C(C(=O)CC(C)(C)C2)C1c1ccc(OCc2ccccc2)cc1Cl. The van der Waals surface area contributed by atoms with Crippen LogP contribution in [0.15, 0.2) is 78.0 Å². The van der Waals surface area contributed by atoms with E-state index in [0.717, 1.165) is 12.7 Å². The van der Waals surface area contributed by atoms with Crippen molar-refractivity contribution in [1.29, 1.82) is 0 Å². The Morgan fingerprint density at radius 3 is 2.48 bits per heavy atom. The van der Waals surface area contributed by atoms with E-state index in [1.165, 1.54) is 12.1 Å². The van der Waals surface area contributed by atoms with Crippen molar-refractivity contribution in [3.8, 4) is 11.5 Å². The molecule has 2 unspecified atom stereocenters. The number of sulfone groups is 1. The zero-order valence-electron chi connectivity index (χ0n) is 23.5. The van der Waals surface area contributed by atoms with Gasteiger partial charge >= 0.3 is 5.97 Å². The summed E-state index contributed by atoms with van der Waals surface area (Å²) in [7, 11) is -3.21. The van der Waals surface area contributed by atoms with Crippen LogP contribution in [0, 0.1) is 5.41 Å². The maximum atomic E-state index is 14.1. The molecule has 1 heterocycles. The van der Waals surface area contributed by atoms with Crippen molar-refractivity contribution >= 4 is 38.9 Å². The van der Waals surface area contributed by atoms with E-state index in [0.29, 0.717) is 30.0 Å². The van der Waals surface area contributed by atoms with Gasteiger partial charge in [-0.25, -0.2) is 8.42 Å². The molecule has 0 saturated heterocycles. The highest BCUT2D eigenvalue weighted by molar-refractivity contribution is 7.92. The van der Waals surface area contributed by atoms with Gasteiger partial charge in [0.25, 0.3) is 0 Å². The number of phenols is 1. The number of phenolic OH excluding ortho intramolecular Hbond substituents is 1.